The first-order valence-electron chi connectivity index (χ1n) is 15.5. The molecule has 0 saturated heterocycles. The van der Waals surface area contributed by atoms with E-state index in [0.29, 0.717) is 26.2 Å². The molecule has 0 radical (unpaired) electrons. The highest BCUT2D eigenvalue weighted by molar-refractivity contribution is 6.36. The van der Waals surface area contributed by atoms with Crippen LogP contribution in [0.2, 0.25) is 20.1 Å². The molecule has 0 fully saturated rings. The summed E-state index contributed by atoms with van der Waals surface area (Å²) < 4.78 is 10.9. The van der Waals surface area contributed by atoms with Gasteiger partial charge in [0.25, 0.3) is 11.8 Å². The van der Waals surface area contributed by atoms with E-state index in [0.717, 1.165) is 11.1 Å². The van der Waals surface area contributed by atoms with Crippen molar-refractivity contribution in [2.75, 3.05) is 13.2 Å². The van der Waals surface area contributed by atoms with E-state index in [1.165, 1.54) is 35.4 Å². The Bertz CT molecular complexity index is 2150. The summed E-state index contributed by atoms with van der Waals surface area (Å²) in [5, 5.41) is 3.16. The Hall–Kier alpha value is -5.10. The highest BCUT2D eigenvalue weighted by Crippen LogP contribution is 2.34. The van der Waals surface area contributed by atoms with Crippen molar-refractivity contribution in [1.82, 2.24) is 10.1 Å². The van der Waals surface area contributed by atoms with Crippen molar-refractivity contribution in [2.45, 2.75) is 13.1 Å². The molecule has 1 heterocycles. The van der Waals surface area contributed by atoms with Gasteiger partial charge in [-0.3, -0.25) is 9.59 Å². The highest BCUT2D eigenvalue weighted by Gasteiger charge is 2.41. The number of hydroxylamine groups is 4. The average molecular weight is 780 g/mol. The van der Waals surface area contributed by atoms with E-state index >= 15 is 0 Å². The molecule has 0 spiro atoms. The number of nitrogens with zero attached hydrogens (tertiary/aromatic N) is 2. The van der Waals surface area contributed by atoms with Crippen LogP contribution in [0.4, 0.5) is 0 Å². The third-order valence-corrected chi connectivity index (χ3v) is 8.67. The van der Waals surface area contributed by atoms with Crippen LogP contribution >= 0.6 is 46.4 Å². The summed E-state index contributed by atoms with van der Waals surface area (Å²) in [6.45, 7) is -0.526. The quantitative estimate of drug-likeness (QED) is 0.0857. The van der Waals surface area contributed by atoms with E-state index in [2.05, 4.69) is 0 Å². The Morgan fingerprint density at radius 3 is 1.75 bits per heavy atom. The van der Waals surface area contributed by atoms with Gasteiger partial charge in [0.2, 0.25) is 0 Å². The maximum absolute atomic E-state index is 13.4. The first-order chi connectivity index (χ1) is 25.0. The molecule has 5 aromatic rings. The molecule has 2 amide bonds. The molecule has 0 atom stereocenters. The summed E-state index contributed by atoms with van der Waals surface area (Å²) in [7, 11) is 0. The van der Waals surface area contributed by atoms with Crippen LogP contribution in [0.15, 0.2) is 109 Å². The molecular formula is C38H26Cl4N2O8. The Labute approximate surface area is 317 Å². The lowest BCUT2D eigenvalue weighted by molar-refractivity contribution is -0.199. The van der Waals surface area contributed by atoms with E-state index in [-0.39, 0.29) is 45.8 Å². The number of benzene rings is 5. The summed E-state index contributed by atoms with van der Waals surface area (Å²) in [5.74, 6) is -2.78. The molecule has 0 aliphatic carbocycles. The van der Waals surface area contributed by atoms with Gasteiger partial charge in [0.1, 0.15) is 11.5 Å². The zero-order valence-corrected chi connectivity index (χ0v) is 29.9. The number of fused-ring (bicyclic) bond motifs is 1. The second-order valence-corrected chi connectivity index (χ2v) is 13.0. The normalized spacial score (nSPS) is 12.1. The maximum Gasteiger partial charge on any atom is 0.370 e. The van der Waals surface area contributed by atoms with Gasteiger partial charge in [0.05, 0.1) is 34.3 Å². The van der Waals surface area contributed by atoms with Crippen LogP contribution in [0.3, 0.4) is 0 Å². The minimum Gasteiger partial charge on any atom is -0.480 e. The van der Waals surface area contributed by atoms with Crippen LogP contribution < -0.4 is 9.47 Å². The maximum atomic E-state index is 13.4. The van der Waals surface area contributed by atoms with Gasteiger partial charge in [0, 0.05) is 10.0 Å². The van der Waals surface area contributed by atoms with Crippen LogP contribution in [-0.4, -0.2) is 47.1 Å². The Balaban J connectivity index is 1.13. The molecule has 6 rings (SSSR count). The molecule has 14 heteroatoms. The SMILES string of the molecule is O=C(COc1ccc(Cl)cc1Cl)ON(Cc1ccccc1)Cc1ccc(-c2cccc3c2C(=O)N(OC(=O)COc2ccc(Cl)cc2Cl)C3=O)cc1. The lowest BCUT2D eigenvalue weighted by Gasteiger charge is -2.22. The van der Waals surface area contributed by atoms with E-state index in [9.17, 15) is 19.2 Å². The Morgan fingerprint density at radius 1 is 0.596 bits per heavy atom. The molecule has 1 aliphatic rings. The zero-order valence-electron chi connectivity index (χ0n) is 26.9. The number of amides is 2. The molecule has 1 aliphatic heterocycles. The molecule has 0 bridgehead atoms. The van der Waals surface area contributed by atoms with Gasteiger partial charge in [-0.05, 0) is 64.7 Å². The summed E-state index contributed by atoms with van der Waals surface area (Å²) in [4.78, 5) is 62.8. The first-order valence-corrected chi connectivity index (χ1v) is 17.0. The second-order valence-electron chi connectivity index (χ2n) is 11.3. The summed E-state index contributed by atoms with van der Waals surface area (Å²) in [5.41, 5.74) is 2.91. The number of hydrogen-bond donors (Lipinski definition) is 0. The molecule has 52 heavy (non-hydrogen) atoms. The van der Waals surface area contributed by atoms with Crippen molar-refractivity contribution in [2.24, 2.45) is 0 Å². The summed E-state index contributed by atoms with van der Waals surface area (Å²) >= 11 is 24.1. The highest BCUT2D eigenvalue weighted by atomic mass is 35.5. The van der Waals surface area contributed by atoms with Crippen LogP contribution in [0.1, 0.15) is 31.8 Å². The topological polar surface area (TPSA) is 112 Å². The number of imide groups is 1. The van der Waals surface area contributed by atoms with Crippen molar-refractivity contribution >= 4 is 70.2 Å². The lowest BCUT2D eigenvalue weighted by Crippen LogP contribution is -2.34. The molecule has 0 unspecified atom stereocenters. The van der Waals surface area contributed by atoms with Gasteiger partial charge in [0.15, 0.2) is 13.2 Å². The fraction of sp³-hybridized carbons (Fsp3) is 0.105. The number of carbonyl (C=O) groups excluding carboxylic acids is 4. The number of ether oxygens (including phenoxy) is 2. The van der Waals surface area contributed by atoms with Crippen LogP contribution in [0, 0.1) is 0 Å². The van der Waals surface area contributed by atoms with Gasteiger partial charge >= 0.3 is 11.9 Å². The standard InChI is InChI=1S/C38H26Cl4N2O8/c39-26-13-15-32(30(41)17-26)49-21-34(45)51-43(19-23-5-2-1-3-6-23)20-24-9-11-25(12-10-24)28-7-4-8-29-36(28)38(48)44(37(29)47)52-35(46)22-50-33-16-14-27(40)18-31(33)42/h1-18H,19-22H2. The van der Waals surface area contributed by atoms with E-state index in [4.69, 9.17) is 65.6 Å². The van der Waals surface area contributed by atoms with Gasteiger partial charge in [-0.15, -0.1) is 5.06 Å². The van der Waals surface area contributed by atoms with Gasteiger partial charge < -0.3 is 19.1 Å². The van der Waals surface area contributed by atoms with Crippen LogP contribution in [0.5, 0.6) is 11.5 Å². The first kappa shape index (κ1) is 36.7. The van der Waals surface area contributed by atoms with E-state index < -0.39 is 37.0 Å². The largest absolute Gasteiger partial charge is 0.480 e. The minimum atomic E-state index is -0.993. The number of halogens is 4. The van der Waals surface area contributed by atoms with Gasteiger partial charge in [-0.2, -0.15) is 0 Å². The van der Waals surface area contributed by atoms with Crippen LogP contribution in [0.25, 0.3) is 11.1 Å². The molecule has 0 saturated carbocycles. The third kappa shape index (κ3) is 8.85. The smallest absolute Gasteiger partial charge is 0.370 e. The third-order valence-electron chi connectivity index (χ3n) is 7.61. The monoisotopic (exact) mass is 778 g/mol. The van der Waals surface area contributed by atoms with E-state index in [1.54, 1.807) is 36.4 Å². The van der Waals surface area contributed by atoms with Crippen molar-refractivity contribution < 1.29 is 38.3 Å². The predicted octanol–water partition coefficient (Wildman–Crippen LogP) is 8.64. The lowest BCUT2D eigenvalue weighted by atomic mass is 9.96. The van der Waals surface area contributed by atoms with Crippen molar-refractivity contribution in [3.8, 4) is 22.6 Å². The van der Waals surface area contributed by atoms with Gasteiger partial charge in [-0.25, -0.2) is 9.59 Å². The Kier molecular flexibility index (Phi) is 11.6. The average Bonchev–Trinajstić information content (AvgIpc) is 3.36. The predicted molar refractivity (Wildman–Crippen MR) is 194 cm³/mol. The fourth-order valence-corrected chi connectivity index (χ4v) is 6.17. The minimum absolute atomic E-state index is 0.0732. The molecular weight excluding hydrogens is 754 g/mol. The van der Waals surface area contributed by atoms with Crippen molar-refractivity contribution in [3.05, 3.63) is 152 Å². The second kappa shape index (κ2) is 16.5. The molecule has 10 nitrogen and oxygen atoms in total. The fourth-order valence-electron chi connectivity index (χ4n) is 5.24. The summed E-state index contributed by atoms with van der Waals surface area (Å²) in [6, 6.07) is 30.5. The molecule has 0 aromatic heterocycles. The van der Waals surface area contributed by atoms with E-state index in [1.807, 2.05) is 42.5 Å². The van der Waals surface area contributed by atoms with Crippen molar-refractivity contribution in [3.63, 3.8) is 0 Å². The summed E-state index contributed by atoms with van der Waals surface area (Å²) in [6.07, 6.45) is 0. The number of carbonyl (C=O) groups is 4. The van der Waals surface area contributed by atoms with Crippen molar-refractivity contribution in [1.29, 1.82) is 0 Å². The number of rotatable bonds is 13. The zero-order chi connectivity index (χ0) is 36.8. The molecule has 5 aromatic carbocycles. The van der Waals surface area contributed by atoms with Gasteiger partial charge in [-0.1, -0.05) is 118 Å². The molecule has 0 N–H and O–H groups in total. The Morgan fingerprint density at radius 2 is 1.15 bits per heavy atom. The van der Waals surface area contributed by atoms with Crippen LogP contribution in [-0.2, 0) is 32.4 Å². The number of hydrogen-bond acceptors (Lipinski definition) is 9. The molecule has 264 valence electrons.